The summed E-state index contributed by atoms with van der Waals surface area (Å²) in [6.45, 7) is 5.70. The highest BCUT2D eigenvalue weighted by Crippen LogP contribution is 2.31. The number of hydrogen-bond donors (Lipinski definition) is 5. The van der Waals surface area contributed by atoms with Gasteiger partial charge in [0, 0.05) is 25.5 Å². The predicted molar refractivity (Wildman–Crippen MR) is 154 cm³/mol. The number of carboxylic acid groups (broad SMARTS) is 1. The van der Waals surface area contributed by atoms with Gasteiger partial charge < -0.3 is 26.4 Å². The zero-order valence-corrected chi connectivity index (χ0v) is 24.4. The Bertz CT molecular complexity index is 1060. The molecule has 1 fully saturated rings. The summed E-state index contributed by atoms with van der Waals surface area (Å²) in [7, 11) is 0. The first-order valence-electron chi connectivity index (χ1n) is 14.1. The lowest BCUT2D eigenvalue weighted by atomic mass is 9.91. The second kappa shape index (κ2) is 14.6. The molecule has 1 aromatic rings. The van der Waals surface area contributed by atoms with Crippen LogP contribution < -0.4 is 21.3 Å². The van der Waals surface area contributed by atoms with E-state index in [1.54, 1.807) is 13.8 Å². The maximum Gasteiger partial charge on any atom is 0.326 e. The third-order valence-electron chi connectivity index (χ3n) is 7.57. The van der Waals surface area contributed by atoms with E-state index < -0.39 is 35.4 Å². The van der Waals surface area contributed by atoms with Crippen molar-refractivity contribution in [3.05, 3.63) is 35.4 Å². The Morgan fingerprint density at radius 1 is 1.05 bits per heavy atom. The van der Waals surface area contributed by atoms with Crippen molar-refractivity contribution >= 4 is 40.6 Å². The van der Waals surface area contributed by atoms with Crippen molar-refractivity contribution in [1.82, 2.24) is 21.3 Å². The number of carbonyl (C=O) groups is 5. The van der Waals surface area contributed by atoms with Gasteiger partial charge in [0.2, 0.25) is 17.7 Å². The second-order valence-electron chi connectivity index (χ2n) is 11.1. The van der Waals surface area contributed by atoms with Crippen LogP contribution in [0.25, 0.3) is 0 Å². The van der Waals surface area contributed by atoms with Gasteiger partial charge in [-0.1, -0.05) is 62.7 Å². The number of rotatable bonds is 14. The first-order valence-corrected chi connectivity index (χ1v) is 15.1. The molecule has 1 heterocycles. The van der Waals surface area contributed by atoms with Crippen LogP contribution in [0.4, 0.5) is 0 Å². The monoisotopic (exact) mass is 574 g/mol. The van der Waals surface area contributed by atoms with Crippen LogP contribution in [0.3, 0.4) is 0 Å². The lowest BCUT2D eigenvalue weighted by Gasteiger charge is -2.33. The molecule has 2 aliphatic rings. The lowest BCUT2D eigenvalue weighted by molar-refractivity contribution is -0.144. The van der Waals surface area contributed by atoms with Crippen molar-refractivity contribution in [2.75, 3.05) is 12.3 Å². The molecule has 0 radical (unpaired) electrons. The summed E-state index contributed by atoms with van der Waals surface area (Å²) in [5.41, 5.74) is 0.442. The van der Waals surface area contributed by atoms with Gasteiger partial charge >= 0.3 is 5.97 Å². The summed E-state index contributed by atoms with van der Waals surface area (Å²) in [6, 6.07) is 5.20. The first-order chi connectivity index (χ1) is 19.0. The molecule has 0 unspecified atom stereocenters. The molecule has 3 rings (SSSR count). The molecule has 1 aromatic carbocycles. The van der Waals surface area contributed by atoms with Gasteiger partial charge in [-0.2, -0.15) is 0 Å². The standard InChI is InChI=1S/C29H42N4O6S/c1-18(2)24(27(37)38)32-28(39)29(16-20-10-6-7-11-21(20)17-29)33-26(36)23(12-5-4-8-15-40-19(3)34)31-25(35)22-13-9-14-30-22/h6-7,10-11,18,22-24,30H,4-5,8-9,12-17H2,1-3H3,(H,31,35)(H,32,39)(H,33,36)(H,37,38)/t22-,23-,24-/m0/s1. The van der Waals surface area contributed by atoms with E-state index in [9.17, 15) is 29.1 Å². The number of thioether (sulfide) groups is 1. The van der Waals surface area contributed by atoms with E-state index in [1.165, 1.54) is 18.7 Å². The van der Waals surface area contributed by atoms with E-state index in [0.29, 0.717) is 25.0 Å². The number of carboxylic acids is 1. The summed E-state index contributed by atoms with van der Waals surface area (Å²) < 4.78 is 0. The fraction of sp³-hybridized carbons (Fsp3) is 0.621. The van der Waals surface area contributed by atoms with Crippen molar-refractivity contribution < 1.29 is 29.1 Å². The second-order valence-corrected chi connectivity index (χ2v) is 12.4. The molecule has 1 saturated heterocycles. The van der Waals surface area contributed by atoms with Gasteiger partial charge in [0.1, 0.15) is 17.6 Å². The van der Waals surface area contributed by atoms with E-state index in [1.807, 2.05) is 24.3 Å². The Kier molecular flexibility index (Phi) is 11.6. The Hall–Kier alpha value is -2.92. The number of unbranched alkanes of at least 4 members (excludes halogenated alkanes) is 2. The minimum absolute atomic E-state index is 0.0670. The Balaban J connectivity index is 1.78. The van der Waals surface area contributed by atoms with Crippen molar-refractivity contribution in [1.29, 1.82) is 0 Å². The molecule has 0 bridgehead atoms. The summed E-state index contributed by atoms with van der Waals surface area (Å²) in [5.74, 6) is -2.07. The number of carbonyl (C=O) groups excluding carboxylic acids is 4. The van der Waals surface area contributed by atoms with Gasteiger partial charge in [-0.05, 0) is 49.3 Å². The fourth-order valence-electron chi connectivity index (χ4n) is 5.33. The average molecular weight is 575 g/mol. The van der Waals surface area contributed by atoms with Gasteiger partial charge in [-0.3, -0.25) is 19.2 Å². The Morgan fingerprint density at radius 2 is 1.73 bits per heavy atom. The van der Waals surface area contributed by atoms with Crippen molar-refractivity contribution in [3.8, 4) is 0 Å². The molecular weight excluding hydrogens is 532 g/mol. The van der Waals surface area contributed by atoms with E-state index in [4.69, 9.17) is 0 Å². The smallest absolute Gasteiger partial charge is 0.326 e. The van der Waals surface area contributed by atoms with E-state index in [-0.39, 0.29) is 35.8 Å². The van der Waals surface area contributed by atoms with Crippen LogP contribution in [0.5, 0.6) is 0 Å². The highest BCUT2D eigenvalue weighted by atomic mass is 32.2. The van der Waals surface area contributed by atoms with Crippen LogP contribution in [0, 0.1) is 5.92 Å². The molecule has 0 saturated carbocycles. The maximum atomic E-state index is 13.8. The van der Waals surface area contributed by atoms with Crippen LogP contribution in [0.2, 0.25) is 0 Å². The van der Waals surface area contributed by atoms with Crippen molar-refractivity contribution in [2.45, 2.75) is 95.8 Å². The van der Waals surface area contributed by atoms with E-state index in [0.717, 1.165) is 36.9 Å². The Morgan fingerprint density at radius 3 is 2.27 bits per heavy atom. The van der Waals surface area contributed by atoms with Crippen molar-refractivity contribution in [2.24, 2.45) is 5.92 Å². The molecule has 220 valence electrons. The van der Waals surface area contributed by atoms with Gasteiger partial charge in [-0.25, -0.2) is 4.79 Å². The molecule has 40 heavy (non-hydrogen) atoms. The number of fused-ring (bicyclic) bond motifs is 1. The first kappa shape index (κ1) is 31.6. The van der Waals surface area contributed by atoms with Crippen molar-refractivity contribution in [3.63, 3.8) is 0 Å². The number of benzene rings is 1. The maximum absolute atomic E-state index is 13.8. The van der Waals surface area contributed by atoms with Gasteiger partial charge in [-0.15, -0.1) is 0 Å². The number of hydrogen-bond acceptors (Lipinski definition) is 7. The van der Waals surface area contributed by atoms with Crippen LogP contribution >= 0.6 is 11.8 Å². The normalized spacial score (nSPS) is 18.9. The molecular formula is C29H42N4O6S. The number of aliphatic carboxylic acids is 1. The zero-order chi connectivity index (χ0) is 29.3. The van der Waals surface area contributed by atoms with Crippen LogP contribution in [0.1, 0.15) is 70.4 Å². The minimum atomic E-state index is -1.38. The molecule has 0 aromatic heterocycles. The summed E-state index contributed by atoms with van der Waals surface area (Å²) in [6.07, 6.45) is 4.64. The van der Waals surface area contributed by atoms with Crippen LogP contribution in [-0.4, -0.2) is 69.9 Å². The van der Waals surface area contributed by atoms with Gasteiger partial charge in [0.15, 0.2) is 5.12 Å². The molecule has 0 spiro atoms. The predicted octanol–water partition coefficient (Wildman–Crippen LogP) is 1.94. The molecule has 5 N–H and O–H groups in total. The lowest BCUT2D eigenvalue weighted by Crippen LogP contribution is -2.65. The molecule has 3 amide bonds. The zero-order valence-electron chi connectivity index (χ0n) is 23.6. The van der Waals surface area contributed by atoms with E-state index in [2.05, 4.69) is 21.3 Å². The molecule has 10 nitrogen and oxygen atoms in total. The number of nitrogens with one attached hydrogen (secondary N) is 4. The minimum Gasteiger partial charge on any atom is -0.480 e. The quantitative estimate of drug-likeness (QED) is 0.211. The van der Waals surface area contributed by atoms with Gasteiger partial charge in [0.05, 0.1) is 6.04 Å². The topological polar surface area (TPSA) is 154 Å². The van der Waals surface area contributed by atoms with Crippen LogP contribution in [0.15, 0.2) is 24.3 Å². The third kappa shape index (κ3) is 8.54. The SMILES string of the molecule is CC(=O)SCCCCC[C@H](NC(=O)[C@@H]1CCCN1)C(=O)NC1(C(=O)N[C@H](C(=O)O)C(C)C)Cc2ccccc2C1. The van der Waals surface area contributed by atoms with E-state index >= 15 is 0 Å². The molecule has 11 heteroatoms. The molecule has 3 atom stereocenters. The largest absolute Gasteiger partial charge is 0.480 e. The highest BCUT2D eigenvalue weighted by Gasteiger charge is 2.47. The fourth-order valence-corrected chi connectivity index (χ4v) is 5.97. The summed E-state index contributed by atoms with van der Waals surface area (Å²) >= 11 is 1.27. The van der Waals surface area contributed by atoms with Crippen LogP contribution in [-0.2, 0) is 36.8 Å². The Labute approximate surface area is 240 Å². The third-order valence-corrected chi connectivity index (χ3v) is 8.47. The number of amides is 3. The highest BCUT2D eigenvalue weighted by molar-refractivity contribution is 8.13. The molecule has 1 aliphatic carbocycles. The average Bonchev–Trinajstić information content (AvgIpc) is 3.56. The summed E-state index contributed by atoms with van der Waals surface area (Å²) in [5, 5.41) is 21.4. The molecule has 1 aliphatic heterocycles. The van der Waals surface area contributed by atoms with Gasteiger partial charge in [0.25, 0.3) is 0 Å². The summed E-state index contributed by atoms with van der Waals surface area (Å²) in [4.78, 5) is 63.5.